The number of ether oxygens (including phenoxy) is 1. The summed E-state index contributed by atoms with van der Waals surface area (Å²) < 4.78 is 6.95. The van der Waals surface area contributed by atoms with Crippen LogP contribution in [0.25, 0.3) is 0 Å². The van der Waals surface area contributed by atoms with Gasteiger partial charge in [0.25, 0.3) is 5.91 Å². The number of aromatic nitrogens is 4. The summed E-state index contributed by atoms with van der Waals surface area (Å²) in [5.74, 6) is 0.168. The molecule has 0 saturated carbocycles. The zero-order chi connectivity index (χ0) is 14.4. The average molecular weight is 275 g/mol. The molecule has 20 heavy (non-hydrogen) atoms. The highest BCUT2D eigenvalue weighted by molar-refractivity contribution is 5.91. The Balaban J connectivity index is 1.84. The highest BCUT2D eigenvalue weighted by Gasteiger charge is 2.08. The minimum atomic E-state index is -0.247. The standard InChI is InChI=1S/C13H17N5O2/c1-3-20-12-9-15-11(8-16-12)13(19)14-6-4-10-5-7-17-18(10)2/h5,7-9H,3-4,6H2,1-2H3,(H,14,19). The van der Waals surface area contributed by atoms with E-state index in [0.29, 0.717) is 25.5 Å². The molecule has 7 nitrogen and oxygen atoms in total. The van der Waals surface area contributed by atoms with Gasteiger partial charge in [-0.1, -0.05) is 0 Å². The van der Waals surface area contributed by atoms with Crippen LogP contribution in [-0.2, 0) is 13.5 Å². The molecule has 0 aliphatic rings. The van der Waals surface area contributed by atoms with E-state index >= 15 is 0 Å². The molecule has 1 amide bonds. The Labute approximate surface area is 117 Å². The van der Waals surface area contributed by atoms with E-state index in [1.807, 2.05) is 20.0 Å². The first-order valence-electron chi connectivity index (χ1n) is 6.40. The fraction of sp³-hybridized carbons (Fsp3) is 0.385. The molecule has 0 bridgehead atoms. The van der Waals surface area contributed by atoms with Crippen molar-refractivity contribution in [3.63, 3.8) is 0 Å². The van der Waals surface area contributed by atoms with E-state index in [4.69, 9.17) is 4.74 Å². The Hall–Kier alpha value is -2.44. The molecule has 0 atom stereocenters. The minimum absolute atomic E-state index is 0.247. The van der Waals surface area contributed by atoms with Gasteiger partial charge in [-0.3, -0.25) is 9.48 Å². The molecule has 0 fully saturated rings. The van der Waals surface area contributed by atoms with E-state index in [2.05, 4.69) is 20.4 Å². The number of hydrogen-bond acceptors (Lipinski definition) is 5. The van der Waals surface area contributed by atoms with Crippen molar-refractivity contribution in [3.05, 3.63) is 36.0 Å². The van der Waals surface area contributed by atoms with Crippen molar-refractivity contribution in [2.45, 2.75) is 13.3 Å². The Morgan fingerprint density at radius 1 is 1.40 bits per heavy atom. The number of rotatable bonds is 6. The monoisotopic (exact) mass is 275 g/mol. The second-order valence-electron chi connectivity index (χ2n) is 4.12. The third kappa shape index (κ3) is 3.53. The average Bonchev–Trinajstić information content (AvgIpc) is 2.85. The Kier molecular flexibility index (Phi) is 4.65. The lowest BCUT2D eigenvalue weighted by Gasteiger charge is -2.05. The van der Waals surface area contributed by atoms with E-state index in [0.717, 1.165) is 5.69 Å². The summed E-state index contributed by atoms with van der Waals surface area (Å²) in [7, 11) is 1.87. The molecule has 0 aliphatic heterocycles. The summed E-state index contributed by atoms with van der Waals surface area (Å²) in [6.45, 7) is 2.90. The molecular formula is C13H17N5O2. The third-order valence-corrected chi connectivity index (χ3v) is 2.74. The van der Waals surface area contributed by atoms with Gasteiger partial charge in [0.15, 0.2) is 0 Å². The number of carbonyl (C=O) groups excluding carboxylic acids is 1. The van der Waals surface area contributed by atoms with Crippen molar-refractivity contribution >= 4 is 5.91 Å². The predicted octanol–water partition coefficient (Wildman–Crippen LogP) is 0.581. The summed E-state index contributed by atoms with van der Waals surface area (Å²) >= 11 is 0. The van der Waals surface area contributed by atoms with Crippen LogP contribution in [0.1, 0.15) is 23.1 Å². The summed E-state index contributed by atoms with van der Waals surface area (Å²) in [6.07, 6.45) is 5.30. The molecule has 7 heteroatoms. The molecule has 0 unspecified atom stereocenters. The van der Waals surface area contributed by atoms with Crippen molar-refractivity contribution in [2.24, 2.45) is 7.05 Å². The van der Waals surface area contributed by atoms with Gasteiger partial charge in [-0.15, -0.1) is 0 Å². The molecule has 106 valence electrons. The largest absolute Gasteiger partial charge is 0.477 e. The zero-order valence-electron chi connectivity index (χ0n) is 11.5. The van der Waals surface area contributed by atoms with Gasteiger partial charge in [0.2, 0.25) is 5.88 Å². The van der Waals surface area contributed by atoms with Gasteiger partial charge in [-0.2, -0.15) is 5.10 Å². The van der Waals surface area contributed by atoms with Crippen LogP contribution < -0.4 is 10.1 Å². The number of aryl methyl sites for hydroxylation is 1. The molecule has 2 aromatic heterocycles. The fourth-order valence-electron chi connectivity index (χ4n) is 1.70. The zero-order valence-corrected chi connectivity index (χ0v) is 11.5. The van der Waals surface area contributed by atoms with Crippen molar-refractivity contribution in [1.82, 2.24) is 25.1 Å². The van der Waals surface area contributed by atoms with Gasteiger partial charge in [0.05, 0.1) is 19.0 Å². The second kappa shape index (κ2) is 6.65. The lowest BCUT2D eigenvalue weighted by molar-refractivity contribution is 0.0948. The number of hydrogen-bond donors (Lipinski definition) is 1. The first-order valence-corrected chi connectivity index (χ1v) is 6.40. The Morgan fingerprint density at radius 2 is 2.25 bits per heavy atom. The predicted molar refractivity (Wildman–Crippen MR) is 72.4 cm³/mol. The maximum absolute atomic E-state index is 11.9. The highest BCUT2D eigenvalue weighted by atomic mass is 16.5. The van der Waals surface area contributed by atoms with Gasteiger partial charge in [-0.25, -0.2) is 9.97 Å². The van der Waals surface area contributed by atoms with Crippen LogP contribution in [-0.4, -0.2) is 38.8 Å². The third-order valence-electron chi connectivity index (χ3n) is 2.74. The topological polar surface area (TPSA) is 81.9 Å². The first kappa shape index (κ1) is 14.0. The summed E-state index contributed by atoms with van der Waals surface area (Å²) in [6, 6.07) is 1.92. The second-order valence-corrected chi connectivity index (χ2v) is 4.12. The smallest absolute Gasteiger partial charge is 0.271 e. The van der Waals surface area contributed by atoms with E-state index in [-0.39, 0.29) is 11.6 Å². The van der Waals surface area contributed by atoms with E-state index in [9.17, 15) is 4.79 Å². The molecular weight excluding hydrogens is 258 g/mol. The Morgan fingerprint density at radius 3 is 2.85 bits per heavy atom. The first-order chi connectivity index (χ1) is 9.70. The molecule has 0 aliphatic carbocycles. The maximum atomic E-state index is 11.9. The van der Waals surface area contributed by atoms with Gasteiger partial charge in [0, 0.05) is 31.9 Å². The van der Waals surface area contributed by atoms with Crippen molar-refractivity contribution in [1.29, 1.82) is 0 Å². The fourth-order valence-corrected chi connectivity index (χ4v) is 1.70. The van der Waals surface area contributed by atoms with Gasteiger partial charge in [-0.05, 0) is 13.0 Å². The molecule has 0 spiro atoms. The van der Waals surface area contributed by atoms with Crippen molar-refractivity contribution in [2.75, 3.05) is 13.2 Å². The van der Waals surface area contributed by atoms with E-state index in [1.165, 1.54) is 12.4 Å². The summed E-state index contributed by atoms with van der Waals surface area (Å²) in [5.41, 5.74) is 1.33. The molecule has 2 rings (SSSR count). The van der Waals surface area contributed by atoms with E-state index < -0.39 is 0 Å². The number of nitrogens with zero attached hydrogens (tertiary/aromatic N) is 4. The molecule has 0 saturated heterocycles. The van der Waals surface area contributed by atoms with Crippen LogP contribution in [0, 0.1) is 0 Å². The molecule has 0 radical (unpaired) electrons. The Bertz CT molecular complexity index is 564. The van der Waals surface area contributed by atoms with Gasteiger partial charge >= 0.3 is 0 Å². The summed E-state index contributed by atoms with van der Waals surface area (Å²) in [4.78, 5) is 19.9. The van der Waals surface area contributed by atoms with E-state index in [1.54, 1.807) is 10.9 Å². The molecule has 0 aromatic carbocycles. The molecule has 2 heterocycles. The summed E-state index contributed by atoms with van der Waals surface area (Å²) in [5, 5.41) is 6.86. The maximum Gasteiger partial charge on any atom is 0.271 e. The lowest BCUT2D eigenvalue weighted by Crippen LogP contribution is -2.27. The molecule has 2 aromatic rings. The minimum Gasteiger partial charge on any atom is -0.477 e. The van der Waals surface area contributed by atoms with Gasteiger partial charge in [0.1, 0.15) is 5.69 Å². The van der Waals surface area contributed by atoms with Gasteiger partial charge < -0.3 is 10.1 Å². The van der Waals surface area contributed by atoms with Crippen LogP contribution in [0.5, 0.6) is 5.88 Å². The van der Waals surface area contributed by atoms with Crippen molar-refractivity contribution < 1.29 is 9.53 Å². The number of carbonyl (C=O) groups is 1. The number of amides is 1. The van der Waals surface area contributed by atoms with Crippen LogP contribution >= 0.6 is 0 Å². The van der Waals surface area contributed by atoms with Crippen LogP contribution in [0.4, 0.5) is 0 Å². The molecule has 1 N–H and O–H groups in total. The number of nitrogens with one attached hydrogen (secondary N) is 1. The SMILES string of the molecule is CCOc1cnc(C(=O)NCCc2ccnn2C)cn1. The van der Waals surface area contributed by atoms with Crippen molar-refractivity contribution in [3.8, 4) is 5.88 Å². The highest BCUT2D eigenvalue weighted by Crippen LogP contribution is 2.03. The van der Waals surface area contributed by atoms with Crippen LogP contribution in [0.3, 0.4) is 0 Å². The van der Waals surface area contributed by atoms with Crippen LogP contribution in [0.2, 0.25) is 0 Å². The lowest BCUT2D eigenvalue weighted by atomic mass is 10.3. The normalized spacial score (nSPS) is 10.3. The quantitative estimate of drug-likeness (QED) is 0.834. The van der Waals surface area contributed by atoms with Crippen LogP contribution in [0.15, 0.2) is 24.7 Å².